The monoisotopic (exact) mass is 250 g/mol. The van der Waals surface area contributed by atoms with E-state index in [1.54, 1.807) is 0 Å². The van der Waals surface area contributed by atoms with Crippen molar-refractivity contribution in [2.45, 2.75) is 45.3 Å². The predicted molar refractivity (Wildman–Crippen MR) is 70.0 cm³/mol. The number of nitrogens with zero attached hydrogens (tertiary/aromatic N) is 1. The molecule has 1 aliphatic carbocycles. The van der Waals surface area contributed by atoms with Gasteiger partial charge in [-0.1, -0.05) is 13.3 Å². The zero-order valence-corrected chi connectivity index (χ0v) is 10.9. The van der Waals surface area contributed by atoms with Gasteiger partial charge in [-0.2, -0.15) is 0 Å². The van der Waals surface area contributed by atoms with Gasteiger partial charge in [0.15, 0.2) is 0 Å². The fourth-order valence-electron chi connectivity index (χ4n) is 2.00. The summed E-state index contributed by atoms with van der Waals surface area (Å²) in [4.78, 5) is 11.7. The standard InChI is InChI=1S/C14H22N2O2/c1-2-3-13(17)12-6-7-16(9-12)10-14(18)15-8-11-4-5-11/h6-7,9,11,13,17H,2-5,8,10H2,1H3,(H,15,18). The van der Waals surface area contributed by atoms with E-state index in [0.717, 1.165) is 24.9 Å². The highest BCUT2D eigenvalue weighted by Crippen LogP contribution is 2.27. The molecule has 1 unspecified atom stereocenters. The van der Waals surface area contributed by atoms with Gasteiger partial charge in [0, 0.05) is 18.9 Å². The minimum Gasteiger partial charge on any atom is -0.388 e. The van der Waals surface area contributed by atoms with Gasteiger partial charge in [-0.3, -0.25) is 4.79 Å². The number of rotatable bonds is 7. The molecular formula is C14H22N2O2. The third kappa shape index (κ3) is 3.88. The summed E-state index contributed by atoms with van der Waals surface area (Å²) in [6.07, 6.45) is 7.51. The molecular weight excluding hydrogens is 228 g/mol. The summed E-state index contributed by atoms with van der Waals surface area (Å²) in [5.74, 6) is 0.759. The maximum absolute atomic E-state index is 11.7. The lowest BCUT2D eigenvalue weighted by molar-refractivity contribution is -0.121. The largest absolute Gasteiger partial charge is 0.388 e. The number of nitrogens with one attached hydrogen (secondary N) is 1. The molecule has 18 heavy (non-hydrogen) atoms. The Morgan fingerprint density at radius 1 is 1.61 bits per heavy atom. The highest BCUT2D eigenvalue weighted by molar-refractivity contribution is 5.75. The van der Waals surface area contributed by atoms with Crippen LogP contribution in [0.3, 0.4) is 0 Å². The van der Waals surface area contributed by atoms with Crippen molar-refractivity contribution in [2.24, 2.45) is 5.92 Å². The number of carbonyl (C=O) groups is 1. The number of carbonyl (C=O) groups excluding carboxylic acids is 1. The average molecular weight is 250 g/mol. The highest BCUT2D eigenvalue weighted by Gasteiger charge is 2.21. The van der Waals surface area contributed by atoms with Crippen molar-refractivity contribution in [3.8, 4) is 0 Å². The second kappa shape index (κ2) is 6.05. The van der Waals surface area contributed by atoms with Crippen molar-refractivity contribution in [1.29, 1.82) is 0 Å². The molecule has 1 heterocycles. The summed E-state index contributed by atoms with van der Waals surface area (Å²) in [6, 6.07) is 1.88. The summed E-state index contributed by atoms with van der Waals surface area (Å²) >= 11 is 0. The minimum atomic E-state index is -0.411. The molecule has 1 atom stereocenters. The van der Waals surface area contributed by atoms with Crippen LogP contribution >= 0.6 is 0 Å². The van der Waals surface area contributed by atoms with Crippen LogP contribution in [0.4, 0.5) is 0 Å². The Balaban J connectivity index is 1.79. The lowest BCUT2D eigenvalue weighted by atomic mass is 10.1. The van der Waals surface area contributed by atoms with Gasteiger partial charge < -0.3 is 15.0 Å². The zero-order valence-electron chi connectivity index (χ0n) is 10.9. The Hall–Kier alpha value is -1.29. The van der Waals surface area contributed by atoms with Gasteiger partial charge in [0.1, 0.15) is 6.54 Å². The van der Waals surface area contributed by atoms with Gasteiger partial charge in [-0.25, -0.2) is 0 Å². The van der Waals surface area contributed by atoms with Crippen molar-refractivity contribution < 1.29 is 9.90 Å². The van der Waals surface area contributed by atoms with E-state index in [1.807, 2.05) is 30.0 Å². The number of aliphatic hydroxyl groups excluding tert-OH is 1. The second-order valence-electron chi connectivity index (χ2n) is 5.17. The Kier molecular flexibility index (Phi) is 4.42. The van der Waals surface area contributed by atoms with Gasteiger partial charge in [0.05, 0.1) is 6.10 Å². The Bertz CT molecular complexity index is 396. The summed E-state index contributed by atoms with van der Waals surface area (Å²) in [5, 5.41) is 12.8. The first-order valence-electron chi connectivity index (χ1n) is 6.79. The first kappa shape index (κ1) is 13.1. The summed E-state index contributed by atoms with van der Waals surface area (Å²) < 4.78 is 1.83. The van der Waals surface area contributed by atoms with E-state index in [0.29, 0.717) is 12.5 Å². The molecule has 0 saturated heterocycles. The maximum atomic E-state index is 11.7. The highest BCUT2D eigenvalue weighted by atomic mass is 16.3. The van der Waals surface area contributed by atoms with Crippen LogP contribution in [0.2, 0.25) is 0 Å². The number of hydrogen-bond donors (Lipinski definition) is 2. The van der Waals surface area contributed by atoms with Crippen molar-refractivity contribution in [2.75, 3.05) is 6.54 Å². The van der Waals surface area contributed by atoms with E-state index >= 15 is 0 Å². The van der Waals surface area contributed by atoms with Crippen LogP contribution in [-0.2, 0) is 11.3 Å². The van der Waals surface area contributed by atoms with Gasteiger partial charge >= 0.3 is 0 Å². The molecule has 1 aliphatic rings. The number of aromatic nitrogens is 1. The minimum absolute atomic E-state index is 0.0500. The second-order valence-corrected chi connectivity index (χ2v) is 5.17. The van der Waals surface area contributed by atoms with Crippen molar-refractivity contribution in [3.63, 3.8) is 0 Å². The van der Waals surface area contributed by atoms with E-state index in [4.69, 9.17) is 0 Å². The molecule has 4 heteroatoms. The van der Waals surface area contributed by atoms with E-state index in [1.165, 1.54) is 12.8 Å². The fourth-order valence-corrected chi connectivity index (χ4v) is 2.00. The van der Waals surface area contributed by atoms with Crippen LogP contribution in [-0.4, -0.2) is 22.1 Å². The molecule has 0 spiro atoms. The first-order valence-corrected chi connectivity index (χ1v) is 6.79. The Labute approximate surface area is 108 Å². The van der Waals surface area contributed by atoms with Crippen molar-refractivity contribution in [3.05, 3.63) is 24.0 Å². The van der Waals surface area contributed by atoms with Gasteiger partial charge in [0.25, 0.3) is 0 Å². The lowest BCUT2D eigenvalue weighted by Gasteiger charge is -2.07. The molecule has 0 radical (unpaired) electrons. The molecule has 0 bridgehead atoms. The van der Waals surface area contributed by atoms with Crippen molar-refractivity contribution >= 4 is 5.91 Å². The average Bonchev–Trinajstić information content (AvgIpc) is 3.06. The molecule has 1 saturated carbocycles. The smallest absolute Gasteiger partial charge is 0.239 e. The molecule has 1 aromatic rings. The van der Waals surface area contributed by atoms with E-state index in [2.05, 4.69) is 5.32 Å². The fraction of sp³-hybridized carbons (Fsp3) is 0.643. The molecule has 100 valence electrons. The molecule has 0 aromatic carbocycles. The SMILES string of the molecule is CCCC(O)c1ccn(CC(=O)NCC2CC2)c1. The van der Waals surface area contributed by atoms with Crippen LogP contribution in [0.25, 0.3) is 0 Å². The van der Waals surface area contributed by atoms with E-state index < -0.39 is 6.10 Å². The number of hydrogen-bond acceptors (Lipinski definition) is 2. The Morgan fingerprint density at radius 2 is 2.39 bits per heavy atom. The van der Waals surface area contributed by atoms with Gasteiger partial charge in [0.2, 0.25) is 5.91 Å². The first-order chi connectivity index (χ1) is 8.69. The molecule has 4 nitrogen and oxygen atoms in total. The summed E-state index contributed by atoms with van der Waals surface area (Å²) in [7, 11) is 0. The molecule has 0 aliphatic heterocycles. The van der Waals surface area contributed by atoms with Crippen LogP contribution < -0.4 is 5.32 Å². The topological polar surface area (TPSA) is 54.3 Å². The number of amides is 1. The third-order valence-electron chi connectivity index (χ3n) is 3.33. The van der Waals surface area contributed by atoms with Gasteiger partial charge in [-0.05, 0) is 36.8 Å². The third-order valence-corrected chi connectivity index (χ3v) is 3.33. The van der Waals surface area contributed by atoms with E-state index in [9.17, 15) is 9.90 Å². The van der Waals surface area contributed by atoms with E-state index in [-0.39, 0.29) is 5.91 Å². The Morgan fingerprint density at radius 3 is 3.06 bits per heavy atom. The molecule has 1 aromatic heterocycles. The molecule has 2 rings (SSSR count). The quantitative estimate of drug-likeness (QED) is 0.776. The normalized spacial score (nSPS) is 16.6. The molecule has 2 N–H and O–H groups in total. The van der Waals surface area contributed by atoms with Crippen LogP contribution in [0.1, 0.15) is 44.3 Å². The van der Waals surface area contributed by atoms with Crippen molar-refractivity contribution in [1.82, 2.24) is 9.88 Å². The van der Waals surface area contributed by atoms with Crippen LogP contribution in [0, 0.1) is 5.92 Å². The summed E-state index contributed by atoms with van der Waals surface area (Å²) in [5.41, 5.74) is 0.895. The number of aliphatic hydroxyl groups is 1. The predicted octanol–water partition coefficient (Wildman–Crippen LogP) is 1.85. The van der Waals surface area contributed by atoms with Gasteiger partial charge in [-0.15, -0.1) is 0 Å². The molecule has 1 fully saturated rings. The maximum Gasteiger partial charge on any atom is 0.239 e. The van der Waals surface area contributed by atoms with Crippen LogP contribution in [0.5, 0.6) is 0 Å². The zero-order chi connectivity index (χ0) is 13.0. The summed E-state index contributed by atoms with van der Waals surface area (Å²) in [6.45, 7) is 3.20. The molecule has 1 amide bonds. The van der Waals surface area contributed by atoms with Crippen LogP contribution in [0.15, 0.2) is 18.5 Å². The lowest BCUT2D eigenvalue weighted by Crippen LogP contribution is -2.28.